The molecule has 1 aliphatic rings. The van der Waals surface area contributed by atoms with Crippen molar-refractivity contribution in [2.45, 2.75) is 43.4 Å². The fourth-order valence-electron chi connectivity index (χ4n) is 4.73. The van der Waals surface area contributed by atoms with Crippen LogP contribution in [0, 0.1) is 0 Å². The summed E-state index contributed by atoms with van der Waals surface area (Å²) >= 11 is 7.71. The Kier molecular flexibility index (Phi) is 9.12. The number of thioether (sulfide) groups is 1. The Morgan fingerprint density at radius 1 is 0.921 bits per heavy atom. The van der Waals surface area contributed by atoms with Crippen molar-refractivity contribution in [1.29, 1.82) is 0 Å². The van der Waals surface area contributed by atoms with Crippen LogP contribution in [-0.2, 0) is 11.3 Å². The first kappa shape index (κ1) is 26.5. The van der Waals surface area contributed by atoms with E-state index in [1.807, 2.05) is 54.6 Å². The Morgan fingerprint density at radius 3 is 2.32 bits per heavy atom. The summed E-state index contributed by atoms with van der Waals surface area (Å²) in [6.45, 7) is 3.01. The highest BCUT2D eigenvalue weighted by Gasteiger charge is 2.21. The van der Waals surface area contributed by atoms with Gasteiger partial charge in [-0.15, -0.1) is 10.2 Å². The van der Waals surface area contributed by atoms with E-state index in [0.717, 1.165) is 66.9 Å². The topological polar surface area (TPSA) is 63.1 Å². The quantitative estimate of drug-likeness (QED) is 0.189. The number of piperidine rings is 1. The Bertz CT molecular complexity index is 1310. The summed E-state index contributed by atoms with van der Waals surface area (Å²) in [5, 5.41) is 13.7. The smallest absolute Gasteiger partial charge is 0.220 e. The molecule has 0 unspecified atom stereocenters. The maximum atomic E-state index is 12.6. The largest absolute Gasteiger partial charge is 0.353 e. The Balaban J connectivity index is 1.10. The summed E-state index contributed by atoms with van der Waals surface area (Å²) in [5.74, 6) is 1.69. The lowest BCUT2D eigenvalue weighted by Gasteiger charge is -2.32. The minimum absolute atomic E-state index is 0.137. The second-order valence-electron chi connectivity index (χ2n) is 9.54. The van der Waals surface area contributed by atoms with E-state index in [9.17, 15) is 4.79 Å². The minimum Gasteiger partial charge on any atom is -0.353 e. The number of benzene rings is 3. The molecule has 2 heterocycles. The van der Waals surface area contributed by atoms with E-state index >= 15 is 0 Å². The van der Waals surface area contributed by atoms with E-state index in [0.29, 0.717) is 11.4 Å². The van der Waals surface area contributed by atoms with Crippen LogP contribution in [0.15, 0.2) is 90.1 Å². The number of hydrogen-bond donors (Lipinski definition) is 1. The number of aromatic nitrogens is 3. The molecule has 3 aromatic carbocycles. The predicted molar refractivity (Wildman–Crippen MR) is 155 cm³/mol. The lowest BCUT2D eigenvalue weighted by molar-refractivity contribution is -0.122. The first-order valence-corrected chi connectivity index (χ1v) is 14.5. The highest BCUT2D eigenvalue weighted by molar-refractivity contribution is 7.99. The monoisotopic (exact) mass is 545 g/mol. The van der Waals surface area contributed by atoms with Gasteiger partial charge in [0, 0.05) is 54.1 Å². The van der Waals surface area contributed by atoms with Crippen molar-refractivity contribution in [3.05, 3.63) is 95.5 Å². The maximum Gasteiger partial charge on any atom is 0.220 e. The number of hydrogen-bond acceptors (Lipinski definition) is 5. The molecule has 0 saturated carbocycles. The maximum absolute atomic E-state index is 12.6. The molecule has 1 aromatic heterocycles. The van der Waals surface area contributed by atoms with Crippen molar-refractivity contribution in [3.8, 4) is 17.1 Å². The summed E-state index contributed by atoms with van der Waals surface area (Å²) in [6, 6.07) is 28.6. The molecule has 4 aromatic rings. The number of carbonyl (C=O) groups is 1. The Hall–Kier alpha value is -3.13. The normalized spacial score (nSPS) is 14.4. The predicted octanol–water partition coefficient (Wildman–Crippen LogP) is 6.24. The highest BCUT2D eigenvalue weighted by atomic mass is 35.5. The summed E-state index contributed by atoms with van der Waals surface area (Å²) in [6.07, 6.45) is 3.30. The Labute approximate surface area is 233 Å². The zero-order valence-electron chi connectivity index (χ0n) is 21.3. The van der Waals surface area contributed by atoms with Crippen molar-refractivity contribution < 1.29 is 4.79 Å². The zero-order chi connectivity index (χ0) is 26.2. The lowest BCUT2D eigenvalue weighted by atomic mass is 10.0. The Morgan fingerprint density at radius 2 is 1.61 bits per heavy atom. The second kappa shape index (κ2) is 13.1. The van der Waals surface area contributed by atoms with Gasteiger partial charge in [-0.3, -0.25) is 14.3 Å². The fraction of sp³-hybridized carbons (Fsp3) is 0.300. The number of rotatable bonds is 10. The minimum atomic E-state index is 0.137. The number of halogens is 1. The molecule has 1 fully saturated rings. The third-order valence-corrected chi connectivity index (χ3v) is 8.00. The highest BCUT2D eigenvalue weighted by Crippen LogP contribution is 2.29. The van der Waals surface area contributed by atoms with E-state index < -0.39 is 0 Å². The molecule has 1 saturated heterocycles. The third-order valence-electron chi connectivity index (χ3n) is 6.73. The van der Waals surface area contributed by atoms with E-state index in [1.54, 1.807) is 11.8 Å². The van der Waals surface area contributed by atoms with E-state index in [2.05, 4.69) is 55.3 Å². The molecular weight excluding hydrogens is 514 g/mol. The molecule has 5 rings (SSSR count). The molecule has 1 aliphatic heterocycles. The molecule has 0 radical (unpaired) electrons. The van der Waals surface area contributed by atoms with Gasteiger partial charge in [0.2, 0.25) is 5.91 Å². The number of nitrogens with one attached hydrogen (secondary N) is 1. The summed E-state index contributed by atoms with van der Waals surface area (Å²) < 4.78 is 2.07. The van der Waals surface area contributed by atoms with Crippen LogP contribution in [0.5, 0.6) is 0 Å². The van der Waals surface area contributed by atoms with Crippen LogP contribution in [0.4, 0.5) is 0 Å². The molecule has 0 bridgehead atoms. The third kappa shape index (κ3) is 7.04. The number of nitrogens with zero attached hydrogens (tertiary/aromatic N) is 4. The average Bonchev–Trinajstić information content (AvgIpc) is 3.37. The number of carbonyl (C=O) groups excluding carboxylic acids is 1. The fourth-order valence-corrected chi connectivity index (χ4v) is 5.75. The summed E-state index contributed by atoms with van der Waals surface area (Å²) in [4.78, 5) is 15.1. The van der Waals surface area contributed by atoms with Crippen LogP contribution < -0.4 is 5.32 Å². The zero-order valence-corrected chi connectivity index (χ0v) is 22.9. The van der Waals surface area contributed by atoms with Gasteiger partial charge >= 0.3 is 0 Å². The van der Waals surface area contributed by atoms with Gasteiger partial charge in [0.05, 0.1) is 0 Å². The van der Waals surface area contributed by atoms with E-state index in [1.165, 1.54) is 5.56 Å². The summed E-state index contributed by atoms with van der Waals surface area (Å²) in [5.41, 5.74) is 3.30. The average molecular weight is 546 g/mol. The summed E-state index contributed by atoms with van der Waals surface area (Å²) in [7, 11) is 0. The molecule has 1 N–H and O–H groups in total. The van der Waals surface area contributed by atoms with Crippen molar-refractivity contribution >= 4 is 29.3 Å². The molecule has 196 valence electrons. The first-order valence-electron chi connectivity index (χ1n) is 13.1. The van der Waals surface area contributed by atoms with Gasteiger partial charge in [-0.2, -0.15) is 0 Å². The van der Waals surface area contributed by atoms with Crippen LogP contribution >= 0.6 is 23.4 Å². The molecule has 0 atom stereocenters. The molecule has 38 heavy (non-hydrogen) atoms. The number of para-hydroxylation sites is 1. The van der Waals surface area contributed by atoms with Gasteiger partial charge in [0.15, 0.2) is 11.0 Å². The van der Waals surface area contributed by atoms with E-state index in [-0.39, 0.29) is 11.9 Å². The van der Waals surface area contributed by atoms with Gasteiger partial charge in [-0.1, -0.05) is 71.9 Å². The van der Waals surface area contributed by atoms with Crippen molar-refractivity contribution in [3.63, 3.8) is 0 Å². The van der Waals surface area contributed by atoms with Crippen molar-refractivity contribution in [1.82, 2.24) is 25.0 Å². The van der Waals surface area contributed by atoms with Crippen LogP contribution in [0.3, 0.4) is 0 Å². The van der Waals surface area contributed by atoms with Gasteiger partial charge in [0.1, 0.15) is 0 Å². The number of likely N-dealkylation sites (tertiary alicyclic amines) is 1. The standard InChI is InChI=1S/C30H32ClN5OS/c31-25-15-13-24(14-16-25)29-33-34-30(36(29)27-10-5-2-6-11-27)38-21-7-12-28(37)32-26-17-19-35(20-18-26)22-23-8-3-1-4-9-23/h1-6,8-11,13-16,26H,7,12,17-22H2,(H,32,37). The van der Waals surface area contributed by atoms with Crippen LogP contribution in [0.1, 0.15) is 31.2 Å². The van der Waals surface area contributed by atoms with Crippen LogP contribution in [0.25, 0.3) is 17.1 Å². The molecule has 0 aliphatic carbocycles. The van der Waals surface area contributed by atoms with Gasteiger partial charge < -0.3 is 5.32 Å². The van der Waals surface area contributed by atoms with Gasteiger partial charge in [-0.25, -0.2) is 0 Å². The van der Waals surface area contributed by atoms with Crippen LogP contribution in [0.2, 0.25) is 5.02 Å². The van der Waals surface area contributed by atoms with Gasteiger partial charge in [0.25, 0.3) is 0 Å². The van der Waals surface area contributed by atoms with Gasteiger partial charge in [-0.05, 0) is 61.2 Å². The first-order chi connectivity index (χ1) is 18.7. The second-order valence-corrected chi connectivity index (χ2v) is 11.0. The molecule has 1 amide bonds. The van der Waals surface area contributed by atoms with Crippen LogP contribution in [-0.4, -0.2) is 50.5 Å². The molecular formula is C30H32ClN5OS. The SMILES string of the molecule is O=C(CCCSc1nnc(-c2ccc(Cl)cc2)n1-c1ccccc1)NC1CCN(Cc2ccccc2)CC1. The molecule has 0 spiro atoms. The number of amides is 1. The molecule has 8 heteroatoms. The molecule has 6 nitrogen and oxygen atoms in total. The lowest BCUT2D eigenvalue weighted by Crippen LogP contribution is -2.44. The van der Waals surface area contributed by atoms with Crippen molar-refractivity contribution in [2.75, 3.05) is 18.8 Å². The van der Waals surface area contributed by atoms with E-state index in [4.69, 9.17) is 11.6 Å². The van der Waals surface area contributed by atoms with Crippen molar-refractivity contribution in [2.24, 2.45) is 0 Å².